The molecule has 0 N–H and O–H groups in total. The Hall–Kier alpha value is -3.00. The van der Waals surface area contributed by atoms with Crippen molar-refractivity contribution in [1.29, 1.82) is 0 Å². The van der Waals surface area contributed by atoms with Gasteiger partial charge in [-0.05, 0) is 49.6 Å². The lowest BCUT2D eigenvalue weighted by Crippen LogP contribution is -2.25. The van der Waals surface area contributed by atoms with Gasteiger partial charge in [0.05, 0.1) is 23.1 Å². The molecule has 1 aliphatic rings. The van der Waals surface area contributed by atoms with Crippen molar-refractivity contribution in [3.8, 4) is 0 Å². The fraction of sp³-hybridized carbons (Fsp3) is 0.381. The quantitative estimate of drug-likeness (QED) is 0.451. The Balaban J connectivity index is 1.63. The molecule has 1 saturated carbocycles. The summed E-state index contributed by atoms with van der Waals surface area (Å²) in [6.07, 6.45) is 4.49. The van der Waals surface area contributed by atoms with Crippen LogP contribution in [-0.2, 0) is 17.8 Å². The van der Waals surface area contributed by atoms with Gasteiger partial charge in [-0.25, -0.2) is 19.2 Å². The number of halogens is 1. The molecule has 7 nitrogen and oxygen atoms in total. The molecule has 1 aliphatic carbocycles. The molecule has 150 valence electrons. The Labute approximate surface area is 166 Å². The zero-order chi connectivity index (χ0) is 20.0. The van der Waals surface area contributed by atoms with Gasteiger partial charge in [-0.3, -0.25) is 9.13 Å². The van der Waals surface area contributed by atoms with E-state index in [1.54, 1.807) is 28.5 Å². The van der Waals surface area contributed by atoms with E-state index in [0.29, 0.717) is 24.3 Å². The van der Waals surface area contributed by atoms with E-state index in [4.69, 9.17) is 4.74 Å². The van der Waals surface area contributed by atoms with Crippen molar-refractivity contribution in [1.82, 2.24) is 23.7 Å². The van der Waals surface area contributed by atoms with Crippen molar-refractivity contribution in [2.24, 2.45) is 0 Å². The average molecular weight is 395 g/mol. The number of nitrogens with zero attached hydrogens (tertiary/aromatic N) is 5. The maximum Gasteiger partial charge on any atom is 0.329 e. The van der Waals surface area contributed by atoms with Gasteiger partial charge >= 0.3 is 5.69 Å². The normalized spacial score (nSPS) is 14.3. The van der Waals surface area contributed by atoms with E-state index in [9.17, 15) is 9.18 Å². The van der Waals surface area contributed by atoms with Crippen LogP contribution in [0.3, 0.4) is 0 Å². The van der Waals surface area contributed by atoms with E-state index in [2.05, 4.69) is 14.5 Å². The zero-order valence-corrected chi connectivity index (χ0v) is 16.2. The molecule has 4 aromatic rings. The first-order valence-electron chi connectivity index (χ1n) is 9.86. The van der Waals surface area contributed by atoms with Crippen LogP contribution in [0.4, 0.5) is 4.39 Å². The minimum Gasteiger partial charge on any atom is -0.385 e. The molecular weight excluding hydrogens is 373 g/mol. The largest absolute Gasteiger partial charge is 0.385 e. The first kappa shape index (κ1) is 18.1. The van der Waals surface area contributed by atoms with Crippen LogP contribution in [0.5, 0.6) is 0 Å². The second kappa shape index (κ2) is 7.11. The summed E-state index contributed by atoms with van der Waals surface area (Å²) in [7, 11) is 1.68. The van der Waals surface area contributed by atoms with Crippen molar-refractivity contribution in [3.05, 3.63) is 58.7 Å². The minimum absolute atomic E-state index is 0.114. The molecule has 1 aromatic carbocycles. The number of benzene rings is 1. The Kier molecular flexibility index (Phi) is 4.43. The highest BCUT2D eigenvalue weighted by atomic mass is 19.1. The van der Waals surface area contributed by atoms with E-state index in [-0.39, 0.29) is 24.1 Å². The SMILES string of the molecule is COCCCn1c(Cn2c(=O)n(C3CC3)c3ccc(F)cc32)nc2ncccc21. The van der Waals surface area contributed by atoms with Crippen LogP contribution in [0.1, 0.15) is 31.1 Å². The van der Waals surface area contributed by atoms with Gasteiger partial charge in [0.1, 0.15) is 11.6 Å². The smallest absolute Gasteiger partial charge is 0.329 e. The predicted octanol–water partition coefficient (Wildman–Crippen LogP) is 3.11. The van der Waals surface area contributed by atoms with E-state index >= 15 is 0 Å². The van der Waals surface area contributed by atoms with Gasteiger partial charge in [0.2, 0.25) is 0 Å². The second-order valence-electron chi connectivity index (χ2n) is 7.48. The van der Waals surface area contributed by atoms with Gasteiger partial charge in [-0.1, -0.05) is 0 Å². The molecule has 0 spiro atoms. The summed E-state index contributed by atoms with van der Waals surface area (Å²) in [5.41, 5.74) is 2.83. The molecule has 29 heavy (non-hydrogen) atoms. The summed E-state index contributed by atoms with van der Waals surface area (Å²) in [5, 5.41) is 0. The molecule has 3 aromatic heterocycles. The van der Waals surface area contributed by atoms with E-state index < -0.39 is 0 Å². The highest BCUT2D eigenvalue weighted by molar-refractivity contribution is 5.77. The number of pyridine rings is 1. The number of hydrogen-bond donors (Lipinski definition) is 0. The molecule has 5 rings (SSSR count). The summed E-state index contributed by atoms with van der Waals surface area (Å²) >= 11 is 0. The molecule has 0 bridgehead atoms. The van der Waals surface area contributed by atoms with Crippen molar-refractivity contribution in [2.75, 3.05) is 13.7 Å². The second-order valence-corrected chi connectivity index (χ2v) is 7.48. The van der Waals surface area contributed by atoms with Crippen LogP contribution in [-0.4, -0.2) is 37.4 Å². The monoisotopic (exact) mass is 395 g/mol. The van der Waals surface area contributed by atoms with Gasteiger partial charge in [-0.2, -0.15) is 0 Å². The van der Waals surface area contributed by atoms with Gasteiger partial charge < -0.3 is 9.30 Å². The van der Waals surface area contributed by atoms with Crippen molar-refractivity contribution in [2.45, 2.75) is 38.4 Å². The molecule has 0 radical (unpaired) electrons. The Morgan fingerprint density at radius 3 is 2.83 bits per heavy atom. The minimum atomic E-state index is -0.352. The number of aromatic nitrogens is 5. The zero-order valence-electron chi connectivity index (χ0n) is 16.2. The first-order chi connectivity index (χ1) is 14.2. The molecule has 8 heteroatoms. The number of aryl methyl sites for hydroxylation is 1. The van der Waals surface area contributed by atoms with Crippen molar-refractivity contribution in [3.63, 3.8) is 0 Å². The van der Waals surface area contributed by atoms with Crippen LogP contribution in [0.15, 0.2) is 41.3 Å². The third-order valence-electron chi connectivity index (χ3n) is 5.47. The van der Waals surface area contributed by atoms with Gasteiger partial charge in [0.15, 0.2) is 5.65 Å². The van der Waals surface area contributed by atoms with E-state index in [1.165, 1.54) is 12.1 Å². The van der Waals surface area contributed by atoms with Gasteiger partial charge in [-0.15, -0.1) is 0 Å². The van der Waals surface area contributed by atoms with Crippen LogP contribution in [0.25, 0.3) is 22.2 Å². The summed E-state index contributed by atoms with van der Waals surface area (Å²) < 4.78 is 24.7. The number of imidazole rings is 2. The molecular formula is C21H22FN5O2. The number of hydrogen-bond acceptors (Lipinski definition) is 4. The van der Waals surface area contributed by atoms with E-state index in [1.807, 2.05) is 12.1 Å². The fourth-order valence-electron chi connectivity index (χ4n) is 3.98. The van der Waals surface area contributed by atoms with Crippen LogP contribution in [0, 0.1) is 5.82 Å². The summed E-state index contributed by atoms with van der Waals surface area (Å²) in [6.45, 7) is 1.60. The van der Waals surface area contributed by atoms with Crippen LogP contribution in [0.2, 0.25) is 0 Å². The summed E-state index contributed by atoms with van der Waals surface area (Å²) in [6, 6.07) is 8.60. The summed E-state index contributed by atoms with van der Waals surface area (Å²) in [4.78, 5) is 22.2. The first-order valence-corrected chi connectivity index (χ1v) is 9.86. The third-order valence-corrected chi connectivity index (χ3v) is 5.47. The lowest BCUT2D eigenvalue weighted by atomic mass is 10.3. The highest BCUT2D eigenvalue weighted by Gasteiger charge is 2.29. The van der Waals surface area contributed by atoms with E-state index in [0.717, 1.165) is 36.1 Å². The molecule has 0 amide bonds. The highest BCUT2D eigenvalue weighted by Crippen LogP contribution is 2.36. The topological polar surface area (TPSA) is 66.9 Å². The Morgan fingerprint density at radius 2 is 2.03 bits per heavy atom. The average Bonchev–Trinajstić information content (AvgIpc) is 3.44. The molecule has 0 atom stereocenters. The molecule has 0 aliphatic heterocycles. The van der Waals surface area contributed by atoms with Crippen molar-refractivity contribution < 1.29 is 9.13 Å². The third kappa shape index (κ3) is 3.13. The predicted molar refractivity (Wildman–Crippen MR) is 108 cm³/mol. The number of rotatable bonds is 7. The lowest BCUT2D eigenvalue weighted by Gasteiger charge is -2.09. The molecule has 3 heterocycles. The molecule has 0 unspecified atom stereocenters. The fourth-order valence-corrected chi connectivity index (χ4v) is 3.98. The van der Waals surface area contributed by atoms with Crippen LogP contribution >= 0.6 is 0 Å². The van der Waals surface area contributed by atoms with Gasteiger partial charge in [0.25, 0.3) is 0 Å². The molecule has 0 saturated heterocycles. The Morgan fingerprint density at radius 1 is 1.17 bits per heavy atom. The molecule has 1 fully saturated rings. The van der Waals surface area contributed by atoms with Crippen LogP contribution < -0.4 is 5.69 Å². The van der Waals surface area contributed by atoms with Gasteiger partial charge in [0, 0.05) is 32.5 Å². The maximum absolute atomic E-state index is 14.0. The number of ether oxygens (including phenoxy) is 1. The number of methoxy groups -OCH3 is 1. The number of fused-ring (bicyclic) bond motifs is 2. The maximum atomic E-state index is 14.0. The van der Waals surface area contributed by atoms with Crippen molar-refractivity contribution >= 4 is 22.2 Å². The standard InChI is InChI=1S/C21H22FN5O2/c1-29-11-3-10-25-17-4-2-9-23-20(17)24-19(25)13-26-18-12-14(22)5-8-16(18)27(21(26)28)15-6-7-15/h2,4-5,8-9,12,15H,3,6-7,10-11,13H2,1H3. The lowest BCUT2D eigenvalue weighted by molar-refractivity contribution is 0.190. The Bertz CT molecular complexity index is 1250. The summed E-state index contributed by atoms with van der Waals surface area (Å²) in [5.74, 6) is 0.380.